The van der Waals surface area contributed by atoms with Gasteiger partial charge in [-0.15, -0.1) is 11.3 Å². The molecule has 0 aliphatic heterocycles. The van der Waals surface area contributed by atoms with Crippen molar-refractivity contribution in [2.75, 3.05) is 11.9 Å². The second-order valence-corrected chi connectivity index (χ2v) is 6.46. The van der Waals surface area contributed by atoms with Gasteiger partial charge in [-0.05, 0) is 24.1 Å². The fourth-order valence-electron chi connectivity index (χ4n) is 2.19. The van der Waals surface area contributed by atoms with E-state index < -0.39 is 0 Å². The summed E-state index contributed by atoms with van der Waals surface area (Å²) in [5.41, 5.74) is 2.97. The van der Waals surface area contributed by atoms with Crippen LogP contribution in [-0.4, -0.2) is 17.6 Å². The summed E-state index contributed by atoms with van der Waals surface area (Å²) in [5.74, 6) is 0. The van der Waals surface area contributed by atoms with Gasteiger partial charge in [-0.2, -0.15) is 0 Å². The minimum Gasteiger partial charge on any atom is -0.337 e. The molecule has 2 N–H and O–H groups in total. The monoisotopic (exact) mass is 357 g/mol. The molecule has 0 saturated carbocycles. The van der Waals surface area contributed by atoms with Gasteiger partial charge >= 0.3 is 6.03 Å². The molecule has 6 heteroatoms. The summed E-state index contributed by atoms with van der Waals surface area (Å²) in [6.45, 7) is 0.575. The van der Waals surface area contributed by atoms with E-state index in [9.17, 15) is 4.79 Å². The Morgan fingerprint density at radius 2 is 1.83 bits per heavy atom. The van der Waals surface area contributed by atoms with Crippen molar-refractivity contribution in [2.24, 2.45) is 0 Å². The van der Waals surface area contributed by atoms with E-state index in [1.807, 2.05) is 60.0 Å². The molecule has 122 valence electrons. The van der Waals surface area contributed by atoms with Crippen molar-refractivity contribution in [2.45, 2.75) is 6.42 Å². The number of carbonyl (C=O) groups is 1. The van der Waals surface area contributed by atoms with Gasteiger partial charge in [-0.25, -0.2) is 9.78 Å². The van der Waals surface area contributed by atoms with Crippen LogP contribution >= 0.6 is 22.9 Å². The number of nitrogens with zero attached hydrogens (tertiary/aromatic N) is 1. The highest BCUT2D eigenvalue weighted by Gasteiger charge is 2.07. The largest absolute Gasteiger partial charge is 0.337 e. The Morgan fingerprint density at radius 1 is 1.08 bits per heavy atom. The Morgan fingerprint density at radius 3 is 2.58 bits per heavy atom. The van der Waals surface area contributed by atoms with Crippen LogP contribution in [-0.2, 0) is 6.42 Å². The van der Waals surface area contributed by atoms with Crippen LogP contribution < -0.4 is 10.6 Å². The van der Waals surface area contributed by atoms with Gasteiger partial charge in [0.15, 0.2) is 5.13 Å². The van der Waals surface area contributed by atoms with E-state index in [0.29, 0.717) is 16.7 Å². The lowest BCUT2D eigenvalue weighted by molar-refractivity contribution is 0.252. The first-order valence-corrected chi connectivity index (χ1v) is 8.77. The van der Waals surface area contributed by atoms with Crippen molar-refractivity contribution < 1.29 is 4.79 Å². The number of urea groups is 1. The van der Waals surface area contributed by atoms with Crippen LogP contribution in [0.15, 0.2) is 60.0 Å². The number of rotatable bonds is 5. The van der Waals surface area contributed by atoms with Crippen molar-refractivity contribution in [3.05, 3.63) is 70.6 Å². The van der Waals surface area contributed by atoms with E-state index in [2.05, 4.69) is 15.6 Å². The molecular weight excluding hydrogens is 342 g/mol. The fourth-order valence-corrected chi connectivity index (χ4v) is 3.03. The lowest BCUT2D eigenvalue weighted by Crippen LogP contribution is -2.30. The Kier molecular flexibility index (Phi) is 5.46. The maximum absolute atomic E-state index is 11.9. The van der Waals surface area contributed by atoms with Gasteiger partial charge in [0.25, 0.3) is 0 Å². The van der Waals surface area contributed by atoms with Crippen molar-refractivity contribution in [1.29, 1.82) is 0 Å². The highest BCUT2D eigenvalue weighted by molar-refractivity contribution is 7.14. The summed E-state index contributed by atoms with van der Waals surface area (Å²) >= 11 is 7.27. The van der Waals surface area contributed by atoms with Crippen LogP contribution in [0.4, 0.5) is 9.93 Å². The molecule has 0 saturated heterocycles. The van der Waals surface area contributed by atoms with E-state index in [4.69, 9.17) is 11.6 Å². The molecule has 0 fully saturated rings. The minimum absolute atomic E-state index is 0.247. The van der Waals surface area contributed by atoms with Crippen molar-refractivity contribution in [1.82, 2.24) is 10.3 Å². The van der Waals surface area contributed by atoms with Crippen LogP contribution in [0.5, 0.6) is 0 Å². The zero-order valence-electron chi connectivity index (χ0n) is 12.8. The lowest BCUT2D eigenvalue weighted by Gasteiger charge is -2.05. The Bertz CT molecular complexity index is 803. The van der Waals surface area contributed by atoms with Gasteiger partial charge in [-0.3, -0.25) is 5.32 Å². The molecule has 0 bridgehead atoms. The second-order valence-electron chi connectivity index (χ2n) is 5.16. The number of anilines is 1. The third kappa shape index (κ3) is 4.57. The quantitative estimate of drug-likeness (QED) is 0.687. The maximum atomic E-state index is 11.9. The Balaban J connectivity index is 1.51. The van der Waals surface area contributed by atoms with Gasteiger partial charge in [0.05, 0.1) is 5.69 Å². The Hall–Kier alpha value is -2.37. The summed E-state index contributed by atoms with van der Waals surface area (Å²) in [6, 6.07) is 17.2. The van der Waals surface area contributed by atoms with Gasteiger partial charge in [0.1, 0.15) is 0 Å². The van der Waals surface area contributed by atoms with Crippen LogP contribution in [0, 0.1) is 0 Å². The van der Waals surface area contributed by atoms with Gasteiger partial charge < -0.3 is 5.32 Å². The maximum Gasteiger partial charge on any atom is 0.321 e. The first kappa shape index (κ1) is 16.5. The smallest absolute Gasteiger partial charge is 0.321 e. The van der Waals surface area contributed by atoms with Crippen molar-refractivity contribution >= 4 is 34.1 Å². The van der Waals surface area contributed by atoms with Crippen LogP contribution in [0.25, 0.3) is 11.3 Å². The standard InChI is InChI=1S/C18H16ClN3OS/c19-15-8-6-14(7-9-15)16-12-24-18(21-16)22-17(23)20-11-10-13-4-2-1-3-5-13/h1-9,12H,10-11H2,(H2,20,21,22,23). The molecular formula is C18H16ClN3OS. The number of amides is 2. The number of benzene rings is 2. The third-order valence-corrected chi connectivity index (χ3v) is 4.42. The van der Waals surface area contributed by atoms with Crippen molar-refractivity contribution in [3.63, 3.8) is 0 Å². The Labute approximate surface area is 149 Å². The zero-order chi connectivity index (χ0) is 16.8. The van der Waals surface area contributed by atoms with Gasteiger partial charge in [0.2, 0.25) is 0 Å². The van der Waals surface area contributed by atoms with E-state index in [-0.39, 0.29) is 6.03 Å². The van der Waals surface area contributed by atoms with Crippen LogP contribution in [0.1, 0.15) is 5.56 Å². The van der Waals surface area contributed by atoms with E-state index in [0.717, 1.165) is 17.7 Å². The molecule has 0 atom stereocenters. The number of halogens is 1. The molecule has 0 aliphatic carbocycles. The van der Waals surface area contributed by atoms with Crippen molar-refractivity contribution in [3.8, 4) is 11.3 Å². The normalized spacial score (nSPS) is 10.4. The topological polar surface area (TPSA) is 54.0 Å². The highest BCUT2D eigenvalue weighted by atomic mass is 35.5. The van der Waals surface area contributed by atoms with Crippen LogP contribution in [0.2, 0.25) is 5.02 Å². The van der Waals surface area contributed by atoms with Gasteiger partial charge in [-0.1, -0.05) is 54.1 Å². The molecule has 3 rings (SSSR count). The number of nitrogens with one attached hydrogen (secondary N) is 2. The summed E-state index contributed by atoms with van der Waals surface area (Å²) in [6.07, 6.45) is 0.794. The number of hydrogen-bond donors (Lipinski definition) is 2. The predicted molar refractivity (Wildman–Crippen MR) is 99.7 cm³/mol. The van der Waals surface area contributed by atoms with E-state index >= 15 is 0 Å². The molecule has 2 aromatic carbocycles. The lowest BCUT2D eigenvalue weighted by atomic mass is 10.1. The SMILES string of the molecule is O=C(NCCc1ccccc1)Nc1nc(-c2ccc(Cl)cc2)cs1. The summed E-state index contributed by atoms with van der Waals surface area (Å²) in [5, 5.41) is 8.75. The van der Waals surface area contributed by atoms with E-state index in [1.54, 1.807) is 0 Å². The average molecular weight is 358 g/mol. The molecule has 3 aromatic rings. The number of carbonyl (C=O) groups excluding carboxylic acids is 1. The molecule has 1 aromatic heterocycles. The molecule has 1 heterocycles. The second kappa shape index (κ2) is 7.95. The number of thiazole rings is 1. The molecule has 0 spiro atoms. The van der Waals surface area contributed by atoms with Crippen LogP contribution in [0.3, 0.4) is 0 Å². The molecule has 0 unspecified atom stereocenters. The zero-order valence-corrected chi connectivity index (χ0v) is 14.4. The summed E-state index contributed by atoms with van der Waals surface area (Å²) in [7, 11) is 0. The summed E-state index contributed by atoms with van der Waals surface area (Å²) < 4.78 is 0. The predicted octanol–water partition coefficient (Wildman–Crippen LogP) is 4.83. The molecule has 2 amide bonds. The molecule has 4 nitrogen and oxygen atoms in total. The first-order chi connectivity index (χ1) is 11.7. The highest BCUT2D eigenvalue weighted by Crippen LogP contribution is 2.25. The third-order valence-electron chi connectivity index (χ3n) is 3.41. The number of hydrogen-bond acceptors (Lipinski definition) is 3. The molecule has 0 aliphatic rings. The minimum atomic E-state index is -0.247. The molecule has 24 heavy (non-hydrogen) atoms. The van der Waals surface area contributed by atoms with Gasteiger partial charge in [0, 0.05) is 22.5 Å². The summed E-state index contributed by atoms with van der Waals surface area (Å²) in [4.78, 5) is 16.3. The first-order valence-electron chi connectivity index (χ1n) is 7.51. The molecule has 0 radical (unpaired) electrons. The van der Waals surface area contributed by atoms with E-state index in [1.165, 1.54) is 16.9 Å². The number of aromatic nitrogens is 1. The fraction of sp³-hybridized carbons (Fsp3) is 0.111. The average Bonchev–Trinajstić information content (AvgIpc) is 3.05.